The Balaban J connectivity index is 0.00000261. The van der Waals surface area contributed by atoms with Crippen LogP contribution in [0.5, 0.6) is 0 Å². The van der Waals surface area contributed by atoms with E-state index >= 15 is 0 Å². The fraction of sp³-hybridized carbons (Fsp3) is 0.500. The van der Waals surface area contributed by atoms with Crippen molar-refractivity contribution < 1.29 is 12.8 Å². The predicted molar refractivity (Wildman–Crippen MR) is 118 cm³/mol. The SMILES string of the molecule is CCNC(=NCC1CCS(=O)(=O)C1)NCCc1c[nH]c2cc(F)ccc12.I. The maximum atomic E-state index is 13.3. The van der Waals surface area contributed by atoms with Crippen molar-refractivity contribution in [2.45, 2.75) is 19.8 Å². The quantitative estimate of drug-likeness (QED) is 0.318. The van der Waals surface area contributed by atoms with Crippen LogP contribution in [-0.4, -0.2) is 50.5 Å². The van der Waals surface area contributed by atoms with Crippen molar-refractivity contribution >= 4 is 50.7 Å². The second kappa shape index (κ2) is 9.72. The van der Waals surface area contributed by atoms with E-state index in [2.05, 4.69) is 20.6 Å². The Morgan fingerprint density at radius 2 is 2.19 bits per heavy atom. The van der Waals surface area contributed by atoms with Gasteiger partial charge in [0.25, 0.3) is 0 Å². The first-order valence-corrected chi connectivity index (χ1v) is 10.8. The van der Waals surface area contributed by atoms with Crippen LogP contribution >= 0.6 is 24.0 Å². The molecule has 0 bridgehead atoms. The van der Waals surface area contributed by atoms with Gasteiger partial charge in [-0.2, -0.15) is 0 Å². The number of hydrogen-bond donors (Lipinski definition) is 3. The Bertz CT molecular complexity index is 898. The van der Waals surface area contributed by atoms with E-state index in [0.29, 0.717) is 25.5 Å². The topological polar surface area (TPSA) is 86.3 Å². The summed E-state index contributed by atoms with van der Waals surface area (Å²) in [6, 6.07) is 4.75. The van der Waals surface area contributed by atoms with Crippen LogP contribution in [-0.2, 0) is 16.3 Å². The van der Waals surface area contributed by atoms with E-state index in [4.69, 9.17) is 0 Å². The van der Waals surface area contributed by atoms with Gasteiger partial charge in [0, 0.05) is 36.7 Å². The predicted octanol–water partition coefficient (Wildman–Crippen LogP) is 2.46. The summed E-state index contributed by atoms with van der Waals surface area (Å²) in [4.78, 5) is 7.62. The molecule has 0 radical (unpaired) electrons. The van der Waals surface area contributed by atoms with Crippen LogP contribution in [0.15, 0.2) is 29.4 Å². The molecule has 2 heterocycles. The van der Waals surface area contributed by atoms with Gasteiger partial charge in [0.2, 0.25) is 0 Å². The molecule has 3 rings (SSSR count). The number of aromatic nitrogens is 1. The number of guanidine groups is 1. The number of H-pyrrole nitrogens is 1. The van der Waals surface area contributed by atoms with Gasteiger partial charge >= 0.3 is 0 Å². The molecule has 1 aromatic carbocycles. The van der Waals surface area contributed by atoms with Crippen molar-refractivity contribution in [3.05, 3.63) is 35.8 Å². The van der Waals surface area contributed by atoms with Gasteiger partial charge < -0.3 is 15.6 Å². The van der Waals surface area contributed by atoms with E-state index in [1.165, 1.54) is 12.1 Å². The average Bonchev–Trinajstić information content (AvgIpc) is 3.15. The summed E-state index contributed by atoms with van der Waals surface area (Å²) in [5.74, 6) is 1.07. The summed E-state index contributed by atoms with van der Waals surface area (Å²) in [7, 11) is -2.87. The van der Waals surface area contributed by atoms with Crippen LogP contribution in [0.25, 0.3) is 10.9 Å². The summed E-state index contributed by atoms with van der Waals surface area (Å²) in [6.45, 7) is 3.92. The van der Waals surface area contributed by atoms with Crippen LogP contribution in [0.4, 0.5) is 4.39 Å². The molecule has 1 fully saturated rings. The molecule has 1 atom stereocenters. The number of benzene rings is 1. The first kappa shape index (κ1) is 21.9. The Morgan fingerprint density at radius 3 is 2.89 bits per heavy atom. The van der Waals surface area contributed by atoms with Crippen LogP contribution in [0, 0.1) is 11.7 Å². The monoisotopic (exact) mass is 508 g/mol. The lowest BCUT2D eigenvalue weighted by atomic mass is 10.1. The van der Waals surface area contributed by atoms with Gasteiger partial charge in [-0.05, 0) is 49.4 Å². The third-order valence-corrected chi connectivity index (χ3v) is 6.43. The van der Waals surface area contributed by atoms with Crippen LogP contribution in [0.3, 0.4) is 0 Å². The Kier molecular flexibility index (Phi) is 7.90. The smallest absolute Gasteiger partial charge is 0.191 e. The lowest BCUT2D eigenvalue weighted by Crippen LogP contribution is -2.38. The molecule has 2 aromatic rings. The number of sulfone groups is 1. The number of nitrogens with zero attached hydrogens (tertiary/aromatic N) is 1. The molecule has 0 amide bonds. The first-order chi connectivity index (χ1) is 12.5. The largest absolute Gasteiger partial charge is 0.361 e. The van der Waals surface area contributed by atoms with Gasteiger partial charge in [0.1, 0.15) is 5.82 Å². The highest BCUT2D eigenvalue weighted by Crippen LogP contribution is 2.20. The average molecular weight is 508 g/mol. The summed E-state index contributed by atoms with van der Waals surface area (Å²) in [6.07, 6.45) is 3.37. The zero-order chi connectivity index (χ0) is 18.6. The summed E-state index contributed by atoms with van der Waals surface area (Å²) >= 11 is 0. The zero-order valence-corrected chi connectivity index (χ0v) is 18.4. The molecule has 1 saturated heterocycles. The van der Waals surface area contributed by atoms with E-state index in [9.17, 15) is 12.8 Å². The first-order valence-electron chi connectivity index (χ1n) is 8.95. The fourth-order valence-electron chi connectivity index (χ4n) is 3.26. The van der Waals surface area contributed by atoms with Crippen molar-refractivity contribution in [2.24, 2.45) is 10.9 Å². The second-order valence-corrected chi connectivity index (χ2v) is 8.90. The van der Waals surface area contributed by atoms with E-state index in [1.54, 1.807) is 6.07 Å². The number of fused-ring (bicyclic) bond motifs is 1. The molecule has 1 aromatic heterocycles. The minimum Gasteiger partial charge on any atom is -0.361 e. The second-order valence-electron chi connectivity index (χ2n) is 6.67. The molecule has 1 unspecified atom stereocenters. The molecule has 1 aliphatic heterocycles. The molecule has 9 heteroatoms. The lowest BCUT2D eigenvalue weighted by Gasteiger charge is -2.12. The van der Waals surface area contributed by atoms with Gasteiger partial charge in [-0.3, -0.25) is 4.99 Å². The normalized spacial score (nSPS) is 19.0. The molecule has 150 valence electrons. The van der Waals surface area contributed by atoms with Crippen molar-refractivity contribution in [3.63, 3.8) is 0 Å². The highest BCUT2D eigenvalue weighted by atomic mass is 127. The van der Waals surface area contributed by atoms with Crippen molar-refractivity contribution in [1.82, 2.24) is 15.6 Å². The molecular formula is C18H26FIN4O2S. The third kappa shape index (κ3) is 6.06. The van der Waals surface area contributed by atoms with Gasteiger partial charge in [0.15, 0.2) is 15.8 Å². The number of aromatic amines is 1. The van der Waals surface area contributed by atoms with Gasteiger partial charge in [-0.1, -0.05) is 0 Å². The third-order valence-electron chi connectivity index (χ3n) is 4.59. The van der Waals surface area contributed by atoms with Crippen molar-refractivity contribution in [3.8, 4) is 0 Å². The van der Waals surface area contributed by atoms with E-state index in [0.717, 1.165) is 29.4 Å². The number of nitrogens with one attached hydrogen (secondary N) is 3. The van der Waals surface area contributed by atoms with Gasteiger partial charge in [-0.15, -0.1) is 24.0 Å². The molecule has 0 aliphatic carbocycles. The minimum atomic E-state index is -2.87. The molecule has 6 nitrogen and oxygen atoms in total. The fourth-order valence-corrected chi connectivity index (χ4v) is 5.11. The van der Waals surface area contributed by atoms with E-state index in [1.807, 2.05) is 13.1 Å². The Hall–Kier alpha value is -1.36. The van der Waals surface area contributed by atoms with Crippen LogP contribution in [0.2, 0.25) is 0 Å². The summed E-state index contributed by atoms with van der Waals surface area (Å²) in [5.41, 5.74) is 1.91. The van der Waals surface area contributed by atoms with Crippen LogP contribution < -0.4 is 10.6 Å². The number of rotatable bonds is 6. The zero-order valence-electron chi connectivity index (χ0n) is 15.3. The number of halogens is 2. The number of aliphatic imine (C=N–C) groups is 1. The highest BCUT2D eigenvalue weighted by Gasteiger charge is 2.27. The highest BCUT2D eigenvalue weighted by molar-refractivity contribution is 14.0. The van der Waals surface area contributed by atoms with Crippen LogP contribution in [0.1, 0.15) is 18.9 Å². The Morgan fingerprint density at radius 1 is 1.37 bits per heavy atom. The number of hydrogen-bond acceptors (Lipinski definition) is 3. The molecule has 27 heavy (non-hydrogen) atoms. The summed E-state index contributed by atoms with van der Waals surface area (Å²) < 4.78 is 36.3. The molecule has 0 spiro atoms. The molecule has 0 saturated carbocycles. The van der Waals surface area contributed by atoms with E-state index < -0.39 is 9.84 Å². The molecule has 3 N–H and O–H groups in total. The minimum absolute atomic E-state index is 0. The summed E-state index contributed by atoms with van der Waals surface area (Å²) in [5, 5.41) is 7.48. The lowest BCUT2D eigenvalue weighted by molar-refractivity contribution is 0.589. The Labute approximate surface area is 176 Å². The van der Waals surface area contributed by atoms with Gasteiger partial charge in [0.05, 0.1) is 11.5 Å². The molecule has 1 aliphatic rings. The maximum Gasteiger partial charge on any atom is 0.191 e. The standard InChI is InChI=1S/C18H25FN4O2S.HI/c1-2-20-18(23-10-13-6-8-26(24,25)12-13)21-7-5-14-11-22-17-9-15(19)3-4-16(14)17;/h3-4,9,11,13,22H,2,5-8,10,12H2,1H3,(H2,20,21,23);1H. The maximum absolute atomic E-state index is 13.3. The van der Waals surface area contributed by atoms with Crippen molar-refractivity contribution in [1.29, 1.82) is 0 Å². The van der Waals surface area contributed by atoms with Gasteiger partial charge in [-0.25, -0.2) is 12.8 Å². The van der Waals surface area contributed by atoms with Crippen molar-refractivity contribution in [2.75, 3.05) is 31.1 Å². The van der Waals surface area contributed by atoms with E-state index in [-0.39, 0.29) is 47.2 Å². The molecular weight excluding hydrogens is 482 g/mol.